The summed E-state index contributed by atoms with van der Waals surface area (Å²) in [5, 5.41) is 4.58. The van der Waals surface area contributed by atoms with E-state index >= 15 is 0 Å². The highest BCUT2D eigenvalue weighted by molar-refractivity contribution is 5.85. The second-order valence-electron chi connectivity index (χ2n) is 9.14. The maximum absolute atomic E-state index is 12.9. The lowest BCUT2D eigenvalue weighted by molar-refractivity contribution is -0.117. The molecular formula is C29H25N7O. The van der Waals surface area contributed by atoms with Crippen molar-refractivity contribution in [2.75, 3.05) is 0 Å². The molecule has 0 bridgehead atoms. The molecule has 6 rings (SSSR count). The average Bonchev–Trinajstić information content (AvgIpc) is 3.63. The molecule has 0 unspecified atom stereocenters. The zero-order valence-corrected chi connectivity index (χ0v) is 20.6. The molecule has 182 valence electrons. The Morgan fingerprint density at radius 1 is 0.946 bits per heavy atom. The molecule has 4 aromatic heterocycles. The lowest BCUT2D eigenvalue weighted by atomic mass is 10.0. The van der Waals surface area contributed by atoms with Gasteiger partial charge in [-0.05, 0) is 24.6 Å². The Bertz CT molecular complexity index is 1710. The number of hydrogen-bond donors (Lipinski definition) is 1. The van der Waals surface area contributed by atoms with Crippen LogP contribution in [0, 0.1) is 6.92 Å². The molecule has 37 heavy (non-hydrogen) atoms. The third-order valence-corrected chi connectivity index (χ3v) is 6.39. The van der Waals surface area contributed by atoms with Crippen molar-refractivity contribution in [1.29, 1.82) is 0 Å². The molecule has 0 aliphatic heterocycles. The summed E-state index contributed by atoms with van der Waals surface area (Å²) in [5.74, 6) is 1.63. The number of aryl methyl sites for hydroxylation is 2. The van der Waals surface area contributed by atoms with Gasteiger partial charge in [-0.15, -0.1) is 0 Å². The first-order chi connectivity index (χ1) is 18.0. The van der Waals surface area contributed by atoms with Crippen LogP contribution in [0.15, 0.2) is 85.5 Å². The van der Waals surface area contributed by atoms with Crippen LogP contribution in [0.5, 0.6) is 0 Å². The van der Waals surface area contributed by atoms with Gasteiger partial charge in [0.15, 0.2) is 5.82 Å². The van der Waals surface area contributed by atoms with Crippen molar-refractivity contribution >= 4 is 16.8 Å². The predicted octanol–water partition coefficient (Wildman–Crippen LogP) is 4.87. The molecule has 0 spiro atoms. The number of fused-ring (bicyclic) bond motifs is 1. The van der Waals surface area contributed by atoms with E-state index in [0.717, 1.165) is 56.4 Å². The molecule has 0 aliphatic rings. The SMILES string of the molecule is Cc1cn(-c2nccc3[nH]c(-c4ccc(CC(=O)Cc5cc(-c6ccccc6)nn5C)cc4)nc23)cn1. The maximum atomic E-state index is 12.9. The van der Waals surface area contributed by atoms with Gasteiger partial charge < -0.3 is 4.98 Å². The summed E-state index contributed by atoms with van der Waals surface area (Å²) < 4.78 is 3.67. The van der Waals surface area contributed by atoms with Gasteiger partial charge in [0.1, 0.15) is 23.5 Å². The smallest absolute Gasteiger partial charge is 0.166 e. The minimum atomic E-state index is 0.144. The van der Waals surface area contributed by atoms with Gasteiger partial charge in [-0.3, -0.25) is 14.0 Å². The fourth-order valence-corrected chi connectivity index (χ4v) is 4.48. The normalized spacial score (nSPS) is 11.3. The molecule has 0 saturated heterocycles. The highest BCUT2D eigenvalue weighted by Gasteiger charge is 2.14. The Morgan fingerprint density at radius 2 is 1.76 bits per heavy atom. The zero-order valence-electron chi connectivity index (χ0n) is 20.6. The van der Waals surface area contributed by atoms with E-state index < -0.39 is 0 Å². The van der Waals surface area contributed by atoms with Crippen LogP contribution in [0.25, 0.3) is 39.5 Å². The fraction of sp³-hybridized carbons (Fsp3) is 0.138. The zero-order chi connectivity index (χ0) is 25.4. The molecule has 1 N–H and O–H groups in total. The van der Waals surface area contributed by atoms with Crippen molar-refractivity contribution in [2.45, 2.75) is 19.8 Å². The third kappa shape index (κ3) is 4.56. The Labute approximate surface area is 213 Å². The van der Waals surface area contributed by atoms with Gasteiger partial charge in [0.25, 0.3) is 0 Å². The van der Waals surface area contributed by atoms with Crippen molar-refractivity contribution < 1.29 is 4.79 Å². The lowest BCUT2D eigenvalue weighted by Crippen LogP contribution is -2.10. The Hall–Kier alpha value is -4.85. The molecule has 0 saturated carbocycles. The molecule has 0 amide bonds. The molecule has 0 aliphatic carbocycles. The number of carbonyl (C=O) groups excluding carboxylic acids is 1. The van der Waals surface area contributed by atoms with Crippen LogP contribution in [0.1, 0.15) is 17.0 Å². The van der Waals surface area contributed by atoms with E-state index in [9.17, 15) is 4.79 Å². The summed E-state index contributed by atoms with van der Waals surface area (Å²) in [7, 11) is 1.88. The molecular weight excluding hydrogens is 462 g/mol. The minimum Gasteiger partial charge on any atom is -0.338 e. The second-order valence-corrected chi connectivity index (χ2v) is 9.14. The van der Waals surface area contributed by atoms with Crippen LogP contribution < -0.4 is 0 Å². The summed E-state index contributed by atoms with van der Waals surface area (Å²) in [4.78, 5) is 29.8. The summed E-state index contributed by atoms with van der Waals surface area (Å²) in [6.07, 6.45) is 6.13. The van der Waals surface area contributed by atoms with Gasteiger partial charge in [0.2, 0.25) is 0 Å². The Morgan fingerprint density at radius 3 is 2.51 bits per heavy atom. The van der Waals surface area contributed by atoms with E-state index in [1.54, 1.807) is 17.2 Å². The van der Waals surface area contributed by atoms with E-state index in [2.05, 4.69) is 20.1 Å². The van der Waals surface area contributed by atoms with Gasteiger partial charge >= 0.3 is 0 Å². The monoisotopic (exact) mass is 487 g/mol. The standard InChI is InChI=1S/C29H25N7O/c1-19-17-36(18-31-19)29-27-25(12-13-30-29)32-28(33-27)22-10-8-20(9-11-22)14-24(37)15-23-16-26(34-35(23)2)21-6-4-3-5-7-21/h3-13,16-18H,14-15H2,1-2H3,(H,32,33). The van der Waals surface area contributed by atoms with Gasteiger partial charge in [0.05, 0.1) is 16.9 Å². The largest absolute Gasteiger partial charge is 0.338 e. The average molecular weight is 488 g/mol. The van der Waals surface area contributed by atoms with Gasteiger partial charge in [-0.2, -0.15) is 5.10 Å². The van der Waals surface area contributed by atoms with Crippen molar-refractivity contribution in [3.8, 4) is 28.5 Å². The van der Waals surface area contributed by atoms with Crippen molar-refractivity contribution in [1.82, 2.24) is 34.3 Å². The molecule has 4 heterocycles. The number of carbonyl (C=O) groups is 1. The van der Waals surface area contributed by atoms with Crippen LogP contribution >= 0.6 is 0 Å². The van der Waals surface area contributed by atoms with Gasteiger partial charge in [0, 0.05) is 49.1 Å². The highest BCUT2D eigenvalue weighted by Crippen LogP contribution is 2.25. The predicted molar refractivity (Wildman–Crippen MR) is 142 cm³/mol. The number of pyridine rings is 1. The Balaban J connectivity index is 1.17. The van der Waals surface area contributed by atoms with Crippen LogP contribution in [-0.2, 0) is 24.7 Å². The number of rotatable bonds is 7. The van der Waals surface area contributed by atoms with E-state index in [0.29, 0.717) is 12.8 Å². The number of benzene rings is 2. The minimum absolute atomic E-state index is 0.144. The number of H-pyrrole nitrogens is 1. The van der Waals surface area contributed by atoms with E-state index in [4.69, 9.17) is 4.98 Å². The fourth-order valence-electron chi connectivity index (χ4n) is 4.48. The van der Waals surface area contributed by atoms with E-state index in [1.807, 2.05) is 91.5 Å². The lowest BCUT2D eigenvalue weighted by Gasteiger charge is -2.04. The molecule has 0 fully saturated rings. The van der Waals surface area contributed by atoms with Crippen LogP contribution in [0.2, 0.25) is 0 Å². The van der Waals surface area contributed by atoms with Crippen LogP contribution in [0.4, 0.5) is 0 Å². The number of aromatic nitrogens is 7. The number of nitrogens with zero attached hydrogens (tertiary/aromatic N) is 6. The quantitative estimate of drug-likeness (QED) is 0.347. The molecule has 8 nitrogen and oxygen atoms in total. The number of nitrogens with one attached hydrogen (secondary N) is 1. The van der Waals surface area contributed by atoms with E-state index in [1.165, 1.54) is 0 Å². The highest BCUT2D eigenvalue weighted by atomic mass is 16.1. The van der Waals surface area contributed by atoms with Gasteiger partial charge in [-0.25, -0.2) is 15.0 Å². The number of ketones is 1. The summed E-state index contributed by atoms with van der Waals surface area (Å²) >= 11 is 0. The van der Waals surface area contributed by atoms with Crippen LogP contribution in [-0.4, -0.2) is 40.1 Å². The number of hydrogen-bond acceptors (Lipinski definition) is 5. The number of Topliss-reactive ketones (excluding diaryl/α,β-unsaturated/α-hetero) is 1. The third-order valence-electron chi connectivity index (χ3n) is 6.39. The van der Waals surface area contributed by atoms with Gasteiger partial charge in [-0.1, -0.05) is 54.6 Å². The summed E-state index contributed by atoms with van der Waals surface area (Å²) in [6, 6.07) is 21.8. The molecule has 0 atom stereocenters. The first-order valence-corrected chi connectivity index (χ1v) is 12.1. The van der Waals surface area contributed by atoms with Crippen molar-refractivity contribution in [3.63, 3.8) is 0 Å². The van der Waals surface area contributed by atoms with E-state index in [-0.39, 0.29) is 5.78 Å². The number of aromatic amines is 1. The second kappa shape index (κ2) is 9.31. The Kier molecular flexibility index (Phi) is 5.69. The van der Waals surface area contributed by atoms with Crippen molar-refractivity contribution in [3.05, 3.63) is 102 Å². The maximum Gasteiger partial charge on any atom is 0.166 e. The number of imidazole rings is 2. The van der Waals surface area contributed by atoms with Crippen LogP contribution in [0.3, 0.4) is 0 Å². The topological polar surface area (TPSA) is 94.3 Å². The summed E-state index contributed by atoms with van der Waals surface area (Å²) in [5.41, 5.74) is 7.33. The molecule has 2 aromatic carbocycles. The summed E-state index contributed by atoms with van der Waals surface area (Å²) in [6.45, 7) is 1.94. The first kappa shape index (κ1) is 22.6. The first-order valence-electron chi connectivity index (χ1n) is 12.1. The molecule has 8 heteroatoms. The molecule has 0 radical (unpaired) electrons. The van der Waals surface area contributed by atoms with Crippen molar-refractivity contribution in [2.24, 2.45) is 7.05 Å². The molecule has 6 aromatic rings.